The van der Waals surface area contributed by atoms with Gasteiger partial charge in [0.25, 0.3) is 0 Å². The van der Waals surface area contributed by atoms with E-state index in [1.807, 2.05) is 30.3 Å². The van der Waals surface area contributed by atoms with Gasteiger partial charge in [0.2, 0.25) is 5.91 Å². The van der Waals surface area contributed by atoms with Gasteiger partial charge in [-0.15, -0.1) is 0 Å². The Balaban J connectivity index is 1.89. The Morgan fingerprint density at radius 3 is 2.77 bits per heavy atom. The Hall–Kier alpha value is -2.67. The molecule has 1 amide bonds. The molecule has 138 valence electrons. The number of H-pyrrole nitrogens is 1. The number of nitrogens with zero attached hydrogens (tertiary/aromatic N) is 2. The van der Waals surface area contributed by atoms with Gasteiger partial charge in [-0.25, -0.2) is 9.78 Å². The van der Waals surface area contributed by atoms with Crippen molar-refractivity contribution < 1.29 is 14.3 Å². The topological polar surface area (TPSA) is 87.3 Å². The first-order valence-corrected chi connectivity index (χ1v) is 8.82. The Kier molecular flexibility index (Phi) is 6.01. The number of rotatable bonds is 7. The van der Waals surface area contributed by atoms with Gasteiger partial charge in [-0.3, -0.25) is 4.79 Å². The number of carbonyl (C=O) groups excluding carboxylic acids is 2. The number of ether oxygens (including phenoxy) is 1. The number of methoxy groups -OCH3 is 1. The summed E-state index contributed by atoms with van der Waals surface area (Å²) in [6.07, 6.45) is 5.29. The van der Waals surface area contributed by atoms with Crippen LogP contribution in [-0.2, 0) is 27.3 Å². The Bertz CT molecular complexity index is 712. The number of aromatic amines is 1. The van der Waals surface area contributed by atoms with Crippen LogP contribution in [0.3, 0.4) is 0 Å². The average molecular weight is 356 g/mol. The molecule has 7 heteroatoms. The van der Waals surface area contributed by atoms with Crippen molar-refractivity contribution in [3.05, 3.63) is 54.1 Å². The molecule has 7 nitrogen and oxygen atoms in total. The van der Waals surface area contributed by atoms with Gasteiger partial charge in [0.05, 0.1) is 19.5 Å². The molecule has 1 saturated heterocycles. The molecule has 3 rings (SSSR count). The highest BCUT2D eigenvalue weighted by Crippen LogP contribution is 2.18. The van der Waals surface area contributed by atoms with Crippen LogP contribution in [0.25, 0.3) is 0 Å². The van der Waals surface area contributed by atoms with E-state index >= 15 is 0 Å². The third-order valence-electron chi connectivity index (χ3n) is 4.65. The molecule has 0 aliphatic carbocycles. The van der Waals surface area contributed by atoms with E-state index in [0.717, 1.165) is 30.6 Å². The number of carbonyl (C=O) groups is 2. The van der Waals surface area contributed by atoms with E-state index in [1.54, 1.807) is 17.4 Å². The molecule has 0 saturated carbocycles. The van der Waals surface area contributed by atoms with Gasteiger partial charge < -0.3 is 19.9 Å². The average Bonchev–Trinajstić information content (AvgIpc) is 3.38. The van der Waals surface area contributed by atoms with Crippen LogP contribution in [0.15, 0.2) is 42.9 Å². The lowest BCUT2D eigenvalue weighted by atomic mass is 10.1. The summed E-state index contributed by atoms with van der Waals surface area (Å²) in [6.45, 7) is 1.17. The first kappa shape index (κ1) is 18.1. The number of hydrogen-bond acceptors (Lipinski definition) is 5. The predicted molar refractivity (Wildman–Crippen MR) is 96.1 cm³/mol. The molecule has 1 aromatic heterocycles. The molecule has 2 atom stereocenters. The monoisotopic (exact) mass is 356 g/mol. The van der Waals surface area contributed by atoms with Crippen LogP contribution in [0.5, 0.6) is 0 Å². The minimum atomic E-state index is -0.712. The number of nitrogens with one attached hydrogen (secondary N) is 2. The van der Waals surface area contributed by atoms with Gasteiger partial charge in [0.15, 0.2) is 0 Å². The molecular formula is C19H24N4O3. The van der Waals surface area contributed by atoms with Crippen LogP contribution in [0.1, 0.15) is 24.1 Å². The van der Waals surface area contributed by atoms with Crippen LogP contribution in [0.4, 0.5) is 0 Å². The second-order valence-electron chi connectivity index (χ2n) is 6.42. The molecule has 1 aliphatic rings. The molecule has 26 heavy (non-hydrogen) atoms. The van der Waals surface area contributed by atoms with Gasteiger partial charge in [0, 0.05) is 24.9 Å². The van der Waals surface area contributed by atoms with Crippen molar-refractivity contribution in [2.45, 2.75) is 37.9 Å². The second kappa shape index (κ2) is 8.62. The fourth-order valence-electron chi connectivity index (χ4n) is 3.28. The van der Waals surface area contributed by atoms with E-state index in [0.29, 0.717) is 13.0 Å². The maximum Gasteiger partial charge on any atom is 0.328 e. The molecular weight excluding hydrogens is 332 g/mol. The summed E-state index contributed by atoms with van der Waals surface area (Å²) < 4.78 is 5.01. The number of imidazole rings is 1. The van der Waals surface area contributed by atoms with E-state index in [1.165, 1.54) is 7.11 Å². The normalized spacial score (nSPS) is 17.7. The SMILES string of the molecule is COC(=O)[C@H](Cc1cnc[nH]1)N(Cc1ccccc1)C(=O)[C@@H]1CCCN1. The Morgan fingerprint density at radius 2 is 2.15 bits per heavy atom. The zero-order chi connectivity index (χ0) is 18.4. The van der Waals surface area contributed by atoms with Crippen LogP contribution in [-0.4, -0.2) is 52.5 Å². The highest BCUT2D eigenvalue weighted by Gasteiger charge is 2.35. The summed E-state index contributed by atoms with van der Waals surface area (Å²) in [6, 6.07) is 8.71. The maximum atomic E-state index is 13.2. The minimum absolute atomic E-state index is 0.0683. The molecule has 2 heterocycles. The summed E-state index contributed by atoms with van der Waals surface area (Å²) in [5, 5.41) is 3.23. The standard InChI is InChI=1S/C19H24N4O3/c1-26-19(25)17(10-15-11-20-13-22-15)23(12-14-6-3-2-4-7-14)18(24)16-8-5-9-21-16/h2-4,6-7,11,13,16-17,21H,5,8-10,12H2,1H3,(H,20,22)/t16-,17-/m0/s1. The second-order valence-corrected chi connectivity index (χ2v) is 6.42. The van der Waals surface area contributed by atoms with Crippen molar-refractivity contribution in [2.24, 2.45) is 0 Å². The molecule has 0 radical (unpaired) electrons. The van der Waals surface area contributed by atoms with Crippen LogP contribution in [0.2, 0.25) is 0 Å². The smallest absolute Gasteiger partial charge is 0.328 e. The molecule has 1 aromatic carbocycles. The number of aromatic nitrogens is 2. The van der Waals surface area contributed by atoms with Crippen LogP contribution in [0, 0.1) is 0 Å². The maximum absolute atomic E-state index is 13.2. The van der Waals surface area contributed by atoms with E-state index in [9.17, 15) is 9.59 Å². The summed E-state index contributed by atoms with van der Waals surface area (Å²) in [5.74, 6) is -0.497. The third-order valence-corrected chi connectivity index (χ3v) is 4.65. The largest absolute Gasteiger partial charge is 0.467 e. The molecule has 0 bridgehead atoms. The number of amides is 1. The Morgan fingerprint density at radius 1 is 1.35 bits per heavy atom. The summed E-state index contributed by atoms with van der Waals surface area (Å²) in [5.41, 5.74) is 1.75. The third kappa shape index (κ3) is 4.29. The van der Waals surface area contributed by atoms with E-state index in [2.05, 4.69) is 15.3 Å². The highest BCUT2D eigenvalue weighted by atomic mass is 16.5. The van der Waals surface area contributed by atoms with Crippen LogP contribution < -0.4 is 5.32 Å². The van der Waals surface area contributed by atoms with Crippen molar-refractivity contribution in [1.29, 1.82) is 0 Å². The van der Waals surface area contributed by atoms with E-state index in [4.69, 9.17) is 4.74 Å². The van der Waals surface area contributed by atoms with Crippen LogP contribution >= 0.6 is 0 Å². The summed E-state index contributed by atoms with van der Waals surface area (Å²) in [7, 11) is 1.35. The van der Waals surface area contributed by atoms with Crippen molar-refractivity contribution in [2.75, 3.05) is 13.7 Å². The minimum Gasteiger partial charge on any atom is -0.467 e. The molecule has 0 unspecified atom stereocenters. The molecule has 1 aliphatic heterocycles. The lowest BCUT2D eigenvalue weighted by Gasteiger charge is -2.32. The number of hydrogen-bond donors (Lipinski definition) is 2. The molecule has 0 spiro atoms. The van der Waals surface area contributed by atoms with Crippen molar-refractivity contribution in [1.82, 2.24) is 20.2 Å². The van der Waals surface area contributed by atoms with E-state index in [-0.39, 0.29) is 11.9 Å². The molecule has 2 aromatic rings. The lowest BCUT2D eigenvalue weighted by Crippen LogP contribution is -2.52. The zero-order valence-electron chi connectivity index (χ0n) is 14.9. The van der Waals surface area contributed by atoms with E-state index < -0.39 is 12.0 Å². The van der Waals surface area contributed by atoms with Crippen molar-refractivity contribution in [3.8, 4) is 0 Å². The lowest BCUT2D eigenvalue weighted by molar-refractivity contribution is -0.154. The van der Waals surface area contributed by atoms with Gasteiger partial charge in [-0.1, -0.05) is 30.3 Å². The fraction of sp³-hybridized carbons (Fsp3) is 0.421. The van der Waals surface area contributed by atoms with Gasteiger partial charge in [-0.05, 0) is 24.9 Å². The molecule has 1 fully saturated rings. The zero-order valence-corrected chi connectivity index (χ0v) is 14.9. The van der Waals surface area contributed by atoms with Crippen molar-refractivity contribution in [3.63, 3.8) is 0 Å². The molecule has 2 N–H and O–H groups in total. The summed E-state index contributed by atoms with van der Waals surface area (Å²) >= 11 is 0. The first-order chi connectivity index (χ1) is 12.7. The summed E-state index contributed by atoms with van der Waals surface area (Å²) in [4.78, 5) is 34.3. The van der Waals surface area contributed by atoms with Crippen molar-refractivity contribution >= 4 is 11.9 Å². The Labute approximate surface area is 152 Å². The highest BCUT2D eigenvalue weighted by molar-refractivity contribution is 5.88. The first-order valence-electron chi connectivity index (χ1n) is 8.82. The predicted octanol–water partition coefficient (Wildman–Crippen LogP) is 1.27. The fourth-order valence-corrected chi connectivity index (χ4v) is 3.28. The number of benzene rings is 1. The van der Waals surface area contributed by atoms with Gasteiger partial charge in [-0.2, -0.15) is 0 Å². The van der Waals surface area contributed by atoms with Gasteiger partial charge >= 0.3 is 5.97 Å². The quantitative estimate of drug-likeness (QED) is 0.730. The number of esters is 1. The van der Waals surface area contributed by atoms with Gasteiger partial charge in [0.1, 0.15) is 6.04 Å².